The van der Waals surface area contributed by atoms with Gasteiger partial charge in [-0.05, 0) is 32.6 Å². The largest absolute Gasteiger partial charge is 0.481 e. The maximum Gasteiger partial charge on any atom is 0.303 e. The van der Waals surface area contributed by atoms with E-state index in [-0.39, 0.29) is 18.4 Å². The quantitative estimate of drug-likeness (QED) is 0.698. The highest BCUT2D eigenvalue weighted by molar-refractivity contribution is 7.88. The average molecular weight is 306 g/mol. The maximum atomic E-state index is 12.1. The predicted molar refractivity (Wildman–Crippen MR) is 73.7 cm³/mol. The molecule has 2 atom stereocenters. The second-order valence-electron chi connectivity index (χ2n) is 5.23. The number of sulfonamides is 1. The highest BCUT2D eigenvalue weighted by Gasteiger charge is 2.36. The molecule has 8 heteroatoms. The van der Waals surface area contributed by atoms with E-state index >= 15 is 0 Å². The summed E-state index contributed by atoms with van der Waals surface area (Å²) in [7, 11) is -3.37. The van der Waals surface area contributed by atoms with Crippen LogP contribution in [-0.2, 0) is 19.6 Å². The van der Waals surface area contributed by atoms with E-state index in [0.717, 1.165) is 6.26 Å². The Bertz CT molecular complexity index is 462. The van der Waals surface area contributed by atoms with Gasteiger partial charge in [-0.3, -0.25) is 9.59 Å². The molecule has 0 aromatic heterocycles. The van der Waals surface area contributed by atoms with Gasteiger partial charge in [-0.2, -0.15) is 4.31 Å². The van der Waals surface area contributed by atoms with Crippen LogP contribution in [0.3, 0.4) is 0 Å². The normalized spacial score (nSPS) is 21.6. The van der Waals surface area contributed by atoms with Gasteiger partial charge >= 0.3 is 5.97 Å². The molecule has 1 fully saturated rings. The Morgan fingerprint density at radius 2 is 2.10 bits per heavy atom. The van der Waals surface area contributed by atoms with Crippen molar-refractivity contribution in [2.45, 2.75) is 51.1 Å². The molecule has 7 nitrogen and oxygen atoms in total. The molecular formula is C12H22N2O5S. The van der Waals surface area contributed by atoms with Gasteiger partial charge in [0.25, 0.3) is 0 Å². The Morgan fingerprint density at radius 3 is 2.65 bits per heavy atom. The monoisotopic (exact) mass is 306 g/mol. The fraction of sp³-hybridized carbons (Fsp3) is 0.833. The highest BCUT2D eigenvalue weighted by Crippen LogP contribution is 2.20. The molecule has 1 rings (SSSR count). The van der Waals surface area contributed by atoms with E-state index in [4.69, 9.17) is 5.11 Å². The lowest BCUT2D eigenvalue weighted by molar-refractivity contribution is -0.137. The number of carbonyl (C=O) groups excluding carboxylic acids is 1. The predicted octanol–water partition coefficient (Wildman–Crippen LogP) is 0.170. The summed E-state index contributed by atoms with van der Waals surface area (Å²) in [6, 6.07) is -0.796. The minimum atomic E-state index is -3.37. The van der Waals surface area contributed by atoms with Crippen LogP contribution in [0.5, 0.6) is 0 Å². The van der Waals surface area contributed by atoms with Gasteiger partial charge in [0.15, 0.2) is 0 Å². The lowest BCUT2D eigenvalue weighted by Crippen LogP contribution is -2.47. The number of nitrogens with one attached hydrogen (secondary N) is 1. The van der Waals surface area contributed by atoms with Gasteiger partial charge < -0.3 is 10.4 Å². The second kappa shape index (κ2) is 7.03. The first-order valence-electron chi connectivity index (χ1n) is 6.71. The summed E-state index contributed by atoms with van der Waals surface area (Å²) in [6.45, 7) is 2.17. The molecule has 2 N–H and O–H groups in total. The van der Waals surface area contributed by atoms with Crippen molar-refractivity contribution in [1.29, 1.82) is 0 Å². The summed E-state index contributed by atoms with van der Waals surface area (Å²) in [5, 5.41) is 11.3. The number of aliphatic carboxylic acids is 1. The van der Waals surface area contributed by atoms with Gasteiger partial charge in [0.1, 0.15) is 6.04 Å². The van der Waals surface area contributed by atoms with Crippen LogP contribution in [-0.4, -0.2) is 54.6 Å². The Balaban J connectivity index is 2.47. The topological polar surface area (TPSA) is 104 Å². The molecule has 0 aliphatic carbocycles. The molecule has 1 amide bonds. The van der Waals surface area contributed by atoms with Gasteiger partial charge in [0.05, 0.1) is 6.26 Å². The van der Waals surface area contributed by atoms with Crippen LogP contribution in [0, 0.1) is 0 Å². The Kier molecular flexibility index (Phi) is 5.94. The molecule has 0 radical (unpaired) electrons. The summed E-state index contributed by atoms with van der Waals surface area (Å²) in [4.78, 5) is 22.5. The lowest BCUT2D eigenvalue weighted by Gasteiger charge is -2.23. The first-order chi connectivity index (χ1) is 9.21. The molecule has 0 saturated carbocycles. The van der Waals surface area contributed by atoms with Crippen LogP contribution in [0.2, 0.25) is 0 Å². The third-order valence-corrected chi connectivity index (χ3v) is 4.64. The van der Waals surface area contributed by atoms with Crippen molar-refractivity contribution < 1.29 is 23.1 Å². The van der Waals surface area contributed by atoms with E-state index in [1.165, 1.54) is 4.31 Å². The molecule has 1 aliphatic heterocycles. The second-order valence-corrected chi connectivity index (χ2v) is 7.16. The lowest BCUT2D eigenvalue weighted by atomic mass is 10.1. The molecule has 1 saturated heterocycles. The zero-order chi connectivity index (χ0) is 15.3. The molecule has 0 aromatic rings. The maximum absolute atomic E-state index is 12.1. The van der Waals surface area contributed by atoms with E-state index in [9.17, 15) is 18.0 Å². The summed E-state index contributed by atoms with van der Waals surface area (Å²) in [5.74, 6) is -1.15. The third-order valence-electron chi connectivity index (χ3n) is 3.35. The van der Waals surface area contributed by atoms with Gasteiger partial charge in [-0.15, -0.1) is 0 Å². The summed E-state index contributed by atoms with van der Waals surface area (Å²) >= 11 is 0. The molecule has 0 spiro atoms. The van der Waals surface area contributed by atoms with Crippen LogP contribution in [0.1, 0.15) is 39.0 Å². The first-order valence-corrected chi connectivity index (χ1v) is 8.55. The summed E-state index contributed by atoms with van der Waals surface area (Å²) in [5.41, 5.74) is 0. The van der Waals surface area contributed by atoms with E-state index < -0.39 is 22.0 Å². The minimum absolute atomic E-state index is 0.0686. The van der Waals surface area contributed by atoms with Crippen molar-refractivity contribution in [3.63, 3.8) is 0 Å². The number of nitrogens with zero attached hydrogens (tertiary/aromatic N) is 1. The van der Waals surface area contributed by atoms with Gasteiger partial charge in [0, 0.05) is 19.0 Å². The van der Waals surface area contributed by atoms with Crippen LogP contribution in [0.15, 0.2) is 0 Å². The van der Waals surface area contributed by atoms with Crippen molar-refractivity contribution in [1.82, 2.24) is 9.62 Å². The zero-order valence-corrected chi connectivity index (χ0v) is 12.6. The van der Waals surface area contributed by atoms with Crippen LogP contribution in [0.25, 0.3) is 0 Å². The van der Waals surface area contributed by atoms with E-state index in [1.807, 2.05) is 0 Å². The molecule has 0 aromatic carbocycles. The average Bonchev–Trinajstić information content (AvgIpc) is 2.76. The Morgan fingerprint density at radius 1 is 1.45 bits per heavy atom. The number of carboxylic acid groups (broad SMARTS) is 1. The van der Waals surface area contributed by atoms with Crippen LogP contribution >= 0.6 is 0 Å². The Hall–Kier alpha value is -1.15. The molecule has 116 valence electrons. The van der Waals surface area contributed by atoms with Gasteiger partial charge in [0.2, 0.25) is 15.9 Å². The van der Waals surface area contributed by atoms with E-state index in [1.54, 1.807) is 6.92 Å². The first kappa shape index (κ1) is 16.9. The number of hydrogen-bond donors (Lipinski definition) is 2. The van der Waals surface area contributed by atoms with Crippen molar-refractivity contribution in [3.05, 3.63) is 0 Å². The van der Waals surface area contributed by atoms with Crippen molar-refractivity contribution in [2.24, 2.45) is 0 Å². The molecular weight excluding hydrogens is 284 g/mol. The highest BCUT2D eigenvalue weighted by atomic mass is 32.2. The van der Waals surface area contributed by atoms with Gasteiger partial charge in [-0.25, -0.2) is 8.42 Å². The van der Waals surface area contributed by atoms with Gasteiger partial charge in [-0.1, -0.05) is 0 Å². The smallest absolute Gasteiger partial charge is 0.303 e. The standard InChI is InChI=1S/C12H22N2O5S/c1-9(5-3-7-11(15)16)13-12(17)10-6-4-8-14(10)20(2,18)19/h9-10H,3-8H2,1-2H3,(H,13,17)(H,15,16). The molecule has 20 heavy (non-hydrogen) atoms. The van der Waals surface area contributed by atoms with Crippen molar-refractivity contribution in [3.8, 4) is 0 Å². The number of rotatable bonds is 7. The number of carbonyl (C=O) groups is 2. The Labute approximate surface area is 119 Å². The van der Waals surface area contributed by atoms with Crippen LogP contribution in [0.4, 0.5) is 0 Å². The SMILES string of the molecule is CC(CCCC(=O)O)NC(=O)C1CCCN1S(C)(=O)=O. The molecule has 2 unspecified atom stereocenters. The number of carboxylic acids is 1. The number of amides is 1. The van der Waals surface area contributed by atoms with E-state index in [2.05, 4.69) is 5.32 Å². The zero-order valence-electron chi connectivity index (χ0n) is 11.8. The molecule has 1 aliphatic rings. The molecule has 0 bridgehead atoms. The molecule has 1 heterocycles. The number of hydrogen-bond acceptors (Lipinski definition) is 4. The van der Waals surface area contributed by atoms with Crippen molar-refractivity contribution >= 4 is 21.9 Å². The fourth-order valence-electron chi connectivity index (χ4n) is 2.37. The fourth-order valence-corrected chi connectivity index (χ4v) is 3.49. The van der Waals surface area contributed by atoms with Crippen molar-refractivity contribution in [2.75, 3.05) is 12.8 Å². The summed E-state index contributed by atoms with van der Waals surface area (Å²) < 4.78 is 24.4. The summed E-state index contributed by atoms with van der Waals surface area (Å²) in [6.07, 6.45) is 3.42. The van der Waals surface area contributed by atoms with E-state index in [0.29, 0.717) is 32.2 Å². The minimum Gasteiger partial charge on any atom is -0.481 e. The third kappa shape index (κ3) is 5.09. The van der Waals surface area contributed by atoms with Crippen LogP contribution < -0.4 is 5.32 Å².